The van der Waals surface area contributed by atoms with Crippen molar-refractivity contribution in [2.75, 3.05) is 16.8 Å². The third-order valence-electron chi connectivity index (χ3n) is 3.61. The van der Waals surface area contributed by atoms with Crippen LogP contribution in [0.3, 0.4) is 0 Å². The van der Waals surface area contributed by atoms with Gasteiger partial charge in [-0.25, -0.2) is 4.79 Å². The quantitative estimate of drug-likeness (QED) is 0.843. The second-order valence-electron chi connectivity index (χ2n) is 5.40. The smallest absolute Gasteiger partial charge is 0.326 e. The van der Waals surface area contributed by atoms with E-state index < -0.39 is 0 Å². The van der Waals surface area contributed by atoms with Crippen molar-refractivity contribution < 1.29 is 9.53 Å². The number of halogens is 1. The Labute approximate surface area is 134 Å². The van der Waals surface area contributed by atoms with E-state index in [1.165, 1.54) is 0 Å². The molecule has 5 heteroatoms. The summed E-state index contributed by atoms with van der Waals surface area (Å²) in [7, 11) is 0. The molecule has 0 aliphatic carbocycles. The van der Waals surface area contributed by atoms with Crippen molar-refractivity contribution in [3.63, 3.8) is 0 Å². The van der Waals surface area contributed by atoms with Crippen LogP contribution in [0.25, 0.3) is 0 Å². The summed E-state index contributed by atoms with van der Waals surface area (Å²) in [5.41, 5.74) is 2.51. The molecular weight excluding hydrogens is 300 g/mol. The maximum Gasteiger partial charge on any atom is 0.326 e. The Morgan fingerprint density at radius 1 is 1.32 bits per heavy atom. The molecule has 0 spiro atoms. The summed E-state index contributed by atoms with van der Waals surface area (Å²) in [5.74, 6) is 0.670. The summed E-state index contributed by atoms with van der Waals surface area (Å²) in [6.07, 6.45) is -0.0729. The zero-order valence-corrected chi connectivity index (χ0v) is 13.2. The molecule has 0 radical (unpaired) electrons. The van der Waals surface area contributed by atoms with E-state index in [1.54, 1.807) is 23.1 Å². The number of carbonyl (C=O) groups excluding carboxylic acids is 1. The number of aryl methyl sites for hydroxylation is 1. The van der Waals surface area contributed by atoms with Crippen LogP contribution in [0, 0.1) is 6.92 Å². The molecule has 3 rings (SSSR count). The van der Waals surface area contributed by atoms with E-state index in [-0.39, 0.29) is 12.1 Å². The van der Waals surface area contributed by atoms with E-state index in [0.29, 0.717) is 23.0 Å². The summed E-state index contributed by atoms with van der Waals surface area (Å²) in [6, 6.07) is 12.8. The van der Waals surface area contributed by atoms with Crippen LogP contribution in [0.4, 0.5) is 16.2 Å². The minimum atomic E-state index is -0.187. The standard InChI is InChI=1S/C17H17ClN2O2/c1-11-5-3-4-6-14(11)19-17(21)20-10-12(2)22-16-8-7-13(18)9-15(16)20/h3-9,12H,10H2,1-2H3,(H,19,21)/t12-/m1/s1. The number of para-hydroxylation sites is 1. The second-order valence-corrected chi connectivity index (χ2v) is 5.83. The Hall–Kier alpha value is -2.20. The molecule has 114 valence electrons. The first kappa shape index (κ1) is 14.7. The van der Waals surface area contributed by atoms with Crippen molar-refractivity contribution in [3.8, 4) is 5.75 Å². The maximum atomic E-state index is 12.7. The third-order valence-corrected chi connectivity index (χ3v) is 3.85. The number of benzene rings is 2. The Bertz CT molecular complexity index is 718. The third kappa shape index (κ3) is 2.88. The fraction of sp³-hybridized carbons (Fsp3) is 0.235. The molecule has 1 atom stereocenters. The zero-order chi connectivity index (χ0) is 15.7. The van der Waals surface area contributed by atoms with Crippen LogP contribution in [0.15, 0.2) is 42.5 Å². The number of anilines is 2. The predicted octanol–water partition coefficient (Wildman–Crippen LogP) is 4.47. The molecule has 1 aliphatic heterocycles. The molecule has 1 heterocycles. The molecule has 0 saturated heterocycles. The summed E-state index contributed by atoms with van der Waals surface area (Å²) in [6.45, 7) is 4.37. The largest absolute Gasteiger partial charge is 0.487 e. The van der Waals surface area contributed by atoms with Crippen molar-refractivity contribution in [2.45, 2.75) is 20.0 Å². The monoisotopic (exact) mass is 316 g/mol. The molecular formula is C17H17ClN2O2. The number of urea groups is 1. The Morgan fingerprint density at radius 2 is 2.09 bits per heavy atom. The van der Waals surface area contributed by atoms with Gasteiger partial charge in [-0.1, -0.05) is 29.8 Å². The summed E-state index contributed by atoms with van der Waals surface area (Å²) >= 11 is 6.05. The van der Waals surface area contributed by atoms with Crippen LogP contribution in [0.5, 0.6) is 5.75 Å². The highest BCUT2D eigenvalue weighted by Crippen LogP contribution is 2.36. The number of nitrogens with zero attached hydrogens (tertiary/aromatic N) is 1. The lowest BCUT2D eigenvalue weighted by atomic mass is 10.2. The zero-order valence-electron chi connectivity index (χ0n) is 12.5. The Balaban J connectivity index is 1.90. The minimum absolute atomic E-state index is 0.0729. The van der Waals surface area contributed by atoms with E-state index >= 15 is 0 Å². The number of ether oxygens (including phenoxy) is 1. The molecule has 0 aromatic heterocycles. The van der Waals surface area contributed by atoms with Crippen molar-refractivity contribution in [3.05, 3.63) is 53.1 Å². The predicted molar refractivity (Wildman–Crippen MR) is 89.1 cm³/mol. The van der Waals surface area contributed by atoms with Crippen molar-refractivity contribution in [1.82, 2.24) is 0 Å². The summed E-state index contributed by atoms with van der Waals surface area (Å²) in [5, 5.41) is 3.52. The van der Waals surface area contributed by atoms with Gasteiger partial charge in [-0.2, -0.15) is 0 Å². The molecule has 1 aliphatic rings. The first-order chi connectivity index (χ1) is 10.5. The van der Waals surface area contributed by atoms with Crippen molar-refractivity contribution >= 4 is 29.0 Å². The molecule has 0 fully saturated rings. The van der Waals surface area contributed by atoms with Gasteiger partial charge in [0.15, 0.2) is 0 Å². The van der Waals surface area contributed by atoms with Gasteiger partial charge in [0, 0.05) is 10.7 Å². The minimum Gasteiger partial charge on any atom is -0.487 e. The van der Waals surface area contributed by atoms with Crippen molar-refractivity contribution in [2.24, 2.45) is 0 Å². The van der Waals surface area contributed by atoms with E-state index in [9.17, 15) is 4.79 Å². The van der Waals surface area contributed by atoms with Gasteiger partial charge in [0.2, 0.25) is 0 Å². The summed E-state index contributed by atoms with van der Waals surface area (Å²) < 4.78 is 5.76. The van der Waals surface area contributed by atoms with Crippen LogP contribution in [-0.4, -0.2) is 18.7 Å². The highest BCUT2D eigenvalue weighted by Gasteiger charge is 2.28. The Morgan fingerprint density at radius 3 is 2.86 bits per heavy atom. The van der Waals surface area contributed by atoms with Gasteiger partial charge < -0.3 is 10.1 Å². The number of rotatable bonds is 1. The maximum absolute atomic E-state index is 12.7. The van der Waals surface area contributed by atoms with Gasteiger partial charge in [0.1, 0.15) is 11.9 Å². The molecule has 4 nitrogen and oxygen atoms in total. The fourth-order valence-corrected chi connectivity index (χ4v) is 2.67. The molecule has 0 saturated carbocycles. The number of hydrogen-bond acceptors (Lipinski definition) is 2. The average Bonchev–Trinajstić information content (AvgIpc) is 2.49. The number of hydrogen-bond donors (Lipinski definition) is 1. The van der Waals surface area contributed by atoms with Gasteiger partial charge in [0.05, 0.1) is 12.2 Å². The van der Waals surface area contributed by atoms with Crippen LogP contribution < -0.4 is 15.0 Å². The molecule has 0 unspecified atom stereocenters. The molecule has 2 aromatic carbocycles. The summed E-state index contributed by atoms with van der Waals surface area (Å²) in [4.78, 5) is 14.3. The number of nitrogens with one attached hydrogen (secondary N) is 1. The second kappa shape index (κ2) is 5.89. The van der Waals surface area contributed by atoms with E-state index in [2.05, 4.69) is 5.32 Å². The SMILES string of the molecule is Cc1ccccc1NC(=O)N1C[C@@H](C)Oc2ccc(Cl)cc21. The van der Waals surface area contributed by atoms with Gasteiger partial charge in [-0.05, 0) is 43.7 Å². The molecule has 2 aromatic rings. The van der Waals surface area contributed by atoms with Crippen LogP contribution in [-0.2, 0) is 0 Å². The first-order valence-corrected chi connectivity index (χ1v) is 7.53. The molecule has 22 heavy (non-hydrogen) atoms. The number of carbonyl (C=O) groups is 1. The van der Waals surface area contributed by atoms with Gasteiger partial charge in [0.25, 0.3) is 0 Å². The molecule has 2 amide bonds. The highest BCUT2D eigenvalue weighted by molar-refractivity contribution is 6.31. The molecule has 0 bridgehead atoms. The van der Waals surface area contributed by atoms with Crippen LogP contribution >= 0.6 is 11.6 Å². The normalized spacial score (nSPS) is 16.7. The lowest BCUT2D eigenvalue weighted by molar-refractivity contribution is 0.208. The van der Waals surface area contributed by atoms with E-state index in [4.69, 9.17) is 16.3 Å². The highest BCUT2D eigenvalue weighted by atomic mass is 35.5. The van der Waals surface area contributed by atoms with E-state index in [0.717, 1.165) is 11.3 Å². The van der Waals surface area contributed by atoms with Crippen molar-refractivity contribution in [1.29, 1.82) is 0 Å². The van der Waals surface area contributed by atoms with Crippen LogP contribution in [0.2, 0.25) is 5.02 Å². The number of fused-ring (bicyclic) bond motifs is 1. The Kier molecular flexibility index (Phi) is 3.94. The lowest BCUT2D eigenvalue weighted by Crippen LogP contribution is -2.44. The topological polar surface area (TPSA) is 41.6 Å². The number of amides is 2. The first-order valence-electron chi connectivity index (χ1n) is 7.15. The van der Waals surface area contributed by atoms with Gasteiger partial charge in [-0.15, -0.1) is 0 Å². The molecule has 1 N–H and O–H groups in total. The van der Waals surface area contributed by atoms with Gasteiger partial charge in [-0.3, -0.25) is 4.90 Å². The average molecular weight is 317 g/mol. The van der Waals surface area contributed by atoms with Crippen LogP contribution in [0.1, 0.15) is 12.5 Å². The fourth-order valence-electron chi connectivity index (χ4n) is 2.50. The van der Waals surface area contributed by atoms with Gasteiger partial charge >= 0.3 is 6.03 Å². The van der Waals surface area contributed by atoms with E-state index in [1.807, 2.05) is 38.1 Å². The lowest BCUT2D eigenvalue weighted by Gasteiger charge is -2.33.